The quantitative estimate of drug-likeness (QED) is 0.157. The molecule has 0 radical (unpaired) electrons. The lowest BCUT2D eigenvalue weighted by atomic mass is 9.78. The van der Waals surface area contributed by atoms with Crippen molar-refractivity contribution in [2.24, 2.45) is 10.8 Å². The Morgan fingerprint density at radius 3 is 1.98 bits per heavy atom. The van der Waals surface area contributed by atoms with Gasteiger partial charge in [-0.3, -0.25) is 9.59 Å². The number of carbonyl (C=O) groups is 2. The van der Waals surface area contributed by atoms with Crippen LogP contribution in [0, 0.1) is 10.8 Å². The first-order valence-corrected chi connectivity index (χ1v) is 18.1. The van der Waals surface area contributed by atoms with E-state index < -0.39 is 10.8 Å². The number of hydrogen-bond acceptors (Lipinski definition) is 5. The van der Waals surface area contributed by atoms with Crippen molar-refractivity contribution in [2.45, 2.75) is 76.7 Å². The van der Waals surface area contributed by atoms with Gasteiger partial charge in [0.15, 0.2) is 6.29 Å². The van der Waals surface area contributed by atoms with Crippen LogP contribution in [-0.4, -0.2) is 55.1 Å². The number of amides is 2. The summed E-state index contributed by atoms with van der Waals surface area (Å²) in [5.41, 5.74) is 6.59. The first-order valence-electron chi connectivity index (χ1n) is 18.1. The van der Waals surface area contributed by atoms with Crippen LogP contribution in [0.4, 0.5) is 0 Å². The lowest BCUT2D eigenvalue weighted by molar-refractivity contribution is -0.180. The number of aliphatic hydroxyl groups excluding tert-OH is 1. The average molecular weight is 673 g/mol. The molecule has 7 rings (SSSR count). The van der Waals surface area contributed by atoms with E-state index in [1.54, 1.807) is 0 Å². The molecule has 1 unspecified atom stereocenters. The average Bonchev–Trinajstić information content (AvgIpc) is 3.61. The van der Waals surface area contributed by atoms with Gasteiger partial charge in [-0.15, -0.1) is 0 Å². The maximum Gasteiger partial charge on any atom is 0.229 e. The Kier molecular flexibility index (Phi) is 10.2. The molecule has 3 heterocycles. The summed E-state index contributed by atoms with van der Waals surface area (Å²) in [6.07, 6.45) is 6.08. The highest BCUT2D eigenvalue weighted by molar-refractivity contribution is 5.86. The third kappa shape index (κ3) is 7.70. The lowest BCUT2D eigenvalue weighted by Gasteiger charge is -2.30. The van der Waals surface area contributed by atoms with Crippen LogP contribution in [0.1, 0.15) is 55.7 Å². The summed E-state index contributed by atoms with van der Waals surface area (Å²) in [5.74, 6) is -0.0297. The van der Waals surface area contributed by atoms with Crippen LogP contribution in [0.15, 0.2) is 103 Å². The Morgan fingerprint density at radius 2 is 1.34 bits per heavy atom. The van der Waals surface area contributed by atoms with Crippen molar-refractivity contribution in [3.8, 4) is 22.3 Å². The molecule has 7 nitrogen and oxygen atoms in total. The number of rotatable bonds is 12. The zero-order valence-electron chi connectivity index (χ0n) is 28.9. The second-order valence-electron chi connectivity index (χ2n) is 14.9. The molecule has 0 bridgehead atoms. The van der Waals surface area contributed by atoms with Crippen molar-refractivity contribution in [1.82, 2.24) is 10.6 Å². The molecule has 0 aromatic heterocycles. The minimum absolute atomic E-state index is 0.0107. The minimum atomic E-state index is -0.707. The summed E-state index contributed by atoms with van der Waals surface area (Å²) in [7, 11) is 0. The molecule has 0 aliphatic carbocycles. The van der Waals surface area contributed by atoms with E-state index in [0.29, 0.717) is 32.5 Å². The molecule has 7 heteroatoms. The SMILES string of the molecule is C[C@@]1(CO)C[C@@H](Cc2ccc(-c3cccc(C[C@@]4(COC5CCCCO5)C[C@@H](Cc5ccc(-c6ccccc6)cc5)NC4=O)c3)cc2)NC1=O. The zero-order valence-corrected chi connectivity index (χ0v) is 28.9. The van der Waals surface area contributed by atoms with Gasteiger partial charge in [-0.2, -0.15) is 0 Å². The van der Waals surface area contributed by atoms with Gasteiger partial charge < -0.3 is 25.2 Å². The molecule has 3 aliphatic rings. The summed E-state index contributed by atoms with van der Waals surface area (Å²) in [5, 5.41) is 16.1. The summed E-state index contributed by atoms with van der Waals surface area (Å²) in [4.78, 5) is 26.3. The first kappa shape index (κ1) is 34.2. The van der Waals surface area contributed by atoms with E-state index in [9.17, 15) is 14.7 Å². The molecule has 4 aromatic carbocycles. The number of nitrogens with one attached hydrogen (secondary N) is 2. The van der Waals surface area contributed by atoms with Gasteiger partial charge in [0, 0.05) is 18.7 Å². The van der Waals surface area contributed by atoms with Gasteiger partial charge >= 0.3 is 0 Å². The molecule has 5 atom stereocenters. The molecule has 3 N–H and O–H groups in total. The number of hydrogen-bond donors (Lipinski definition) is 3. The van der Waals surface area contributed by atoms with Crippen molar-refractivity contribution in [3.63, 3.8) is 0 Å². The van der Waals surface area contributed by atoms with Crippen LogP contribution in [0.3, 0.4) is 0 Å². The highest BCUT2D eigenvalue weighted by Gasteiger charge is 2.47. The fourth-order valence-corrected chi connectivity index (χ4v) is 7.92. The van der Waals surface area contributed by atoms with Crippen molar-refractivity contribution in [3.05, 3.63) is 120 Å². The van der Waals surface area contributed by atoms with Gasteiger partial charge in [0.25, 0.3) is 0 Å². The van der Waals surface area contributed by atoms with Gasteiger partial charge in [-0.05, 0) is 97.2 Å². The predicted molar refractivity (Wildman–Crippen MR) is 195 cm³/mol. The Bertz CT molecular complexity index is 1770. The largest absolute Gasteiger partial charge is 0.395 e. The second-order valence-corrected chi connectivity index (χ2v) is 14.9. The van der Waals surface area contributed by atoms with Crippen LogP contribution in [0.5, 0.6) is 0 Å². The maximum atomic E-state index is 14.0. The maximum absolute atomic E-state index is 14.0. The molecule has 50 heavy (non-hydrogen) atoms. The summed E-state index contributed by atoms with van der Waals surface area (Å²) in [6.45, 7) is 2.69. The molecule has 4 aromatic rings. The highest BCUT2D eigenvalue weighted by atomic mass is 16.7. The van der Waals surface area contributed by atoms with Crippen molar-refractivity contribution in [1.29, 1.82) is 0 Å². The Labute approximate surface area is 295 Å². The van der Waals surface area contributed by atoms with E-state index >= 15 is 0 Å². The Morgan fingerprint density at radius 1 is 0.720 bits per heavy atom. The molecule has 3 saturated heterocycles. The normalized spacial score (nSPS) is 26.5. The van der Waals surface area contributed by atoms with E-state index in [4.69, 9.17) is 9.47 Å². The number of ether oxygens (including phenoxy) is 2. The Hall–Kier alpha value is -4.30. The molecular formula is C43H48N2O5. The fourth-order valence-electron chi connectivity index (χ4n) is 7.92. The first-order chi connectivity index (χ1) is 24.3. The summed E-state index contributed by atoms with van der Waals surface area (Å²) in [6, 6.07) is 36.0. The van der Waals surface area contributed by atoms with E-state index in [1.165, 1.54) is 16.7 Å². The number of carbonyl (C=O) groups excluding carboxylic acids is 2. The third-order valence-electron chi connectivity index (χ3n) is 10.8. The minimum Gasteiger partial charge on any atom is -0.395 e. The molecule has 0 saturated carbocycles. The monoisotopic (exact) mass is 672 g/mol. The van der Waals surface area contributed by atoms with E-state index in [2.05, 4.69) is 108 Å². The zero-order chi connectivity index (χ0) is 34.6. The standard InChI is InChI=1S/C43H48N2O5/c1-42(28-46)26-37(44-40(42)47)23-30-15-19-35(20-16-30)36-11-7-8-32(22-36)25-43(29-50-39-12-5-6-21-49-39)27-38(45-41(43)48)24-31-13-17-34(18-14-31)33-9-3-2-4-10-33/h2-4,7-11,13-20,22,37-39,46H,5-6,12,21,23-29H2,1H3,(H,44,47)(H,45,48)/t37-,38-,39?,42+,43+/m1/s1. The summed E-state index contributed by atoms with van der Waals surface area (Å²) >= 11 is 0. The highest BCUT2D eigenvalue weighted by Crippen LogP contribution is 2.38. The molecule has 0 spiro atoms. The van der Waals surface area contributed by atoms with Gasteiger partial charge in [-0.1, -0.05) is 103 Å². The van der Waals surface area contributed by atoms with Gasteiger partial charge in [0.2, 0.25) is 11.8 Å². The van der Waals surface area contributed by atoms with Crippen LogP contribution in [0.25, 0.3) is 22.3 Å². The molecule has 2 amide bonds. The van der Waals surface area contributed by atoms with Gasteiger partial charge in [0.1, 0.15) is 0 Å². The fraction of sp³-hybridized carbons (Fsp3) is 0.395. The predicted octanol–water partition coefficient (Wildman–Crippen LogP) is 6.65. The number of aliphatic hydroxyl groups is 1. The molecule has 3 aliphatic heterocycles. The van der Waals surface area contributed by atoms with Crippen molar-refractivity contribution in [2.75, 3.05) is 19.8 Å². The smallest absolute Gasteiger partial charge is 0.229 e. The second kappa shape index (κ2) is 14.9. The molecule has 260 valence electrons. The van der Waals surface area contributed by atoms with Gasteiger partial charge in [0.05, 0.1) is 24.0 Å². The van der Waals surface area contributed by atoms with Gasteiger partial charge in [-0.25, -0.2) is 0 Å². The van der Waals surface area contributed by atoms with Crippen LogP contribution < -0.4 is 10.6 Å². The molecule has 3 fully saturated rings. The molecular weight excluding hydrogens is 624 g/mol. The van der Waals surface area contributed by atoms with Crippen LogP contribution >= 0.6 is 0 Å². The Balaban J connectivity index is 1.05. The van der Waals surface area contributed by atoms with Crippen molar-refractivity contribution < 1.29 is 24.2 Å². The van der Waals surface area contributed by atoms with Crippen LogP contribution in [-0.2, 0) is 38.3 Å². The van der Waals surface area contributed by atoms with Crippen molar-refractivity contribution >= 4 is 11.8 Å². The van der Waals surface area contributed by atoms with E-state index in [1.807, 2.05) is 13.0 Å². The van der Waals surface area contributed by atoms with E-state index in [-0.39, 0.29) is 36.8 Å². The van der Waals surface area contributed by atoms with E-state index in [0.717, 1.165) is 54.4 Å². The van der Waals surface area contributed by atoms with Crippen LogP contribution in [0.2, 0.25) is 0 Å². The summed E-state index contributed by atoms with van der Waals surface area (Å²) < 4.78 is 12.3. The number of benzene rings is 4. The third-order valence-corrected chi connectivity index (χ3v) is 10.8. The topological polar surface area (TPSA) is 96.9 Å². The lowest BCUT2D eigenvalue weighted by Crippen LogP contribution is -2.40.